The summed E-state index contributed by atoms with van der Waals surface area (Å²) in [5, 5.41) is 3.26. The van der Waals surface area contributed by atoms with Crippen LogP contribution in [0.5, 0.6) is 0 Å². The maximum atomic E-state index is 13.8. The first kappa shape index (κ1) is 24.8. The van der Waals surface area contributed by atoms with E-state index in [2.05, 4.69) is 20.1 Å². The van der Waals surface area contributed by atoms with Crippen molar-refractivity contribution < 1.29 is 13.6 Å². The number of nitrogens with zero attached hydrogens (tertiary/aromatic N) is 4. The molecule has 3 rings (SSSR count). The Kier molecular flexibility index (Phi) is 9.73. The molecule has 0 radical (unpaired) electrons. The minimum absolute atomic E-state index is 0. The van der Waals surface area contributed by atoms with Crippen LogP contribution < -0.4 is 5.32 Å². The van der Waals surface area contributed by atoms with Gasteiger partial charge in [-0.3, -0.25) is 14.7 Å². The van der Waals surface area contributed by atoms with Crippen molar-refractivity contribution in [2.75, 3.05) is 52.9 Å². The minimum Gasteiger partial charge on any atom is -0.356 e. The Bertz CT molecular complexity index is 734. The lowest BCUT2D eigenvalue weighted by Crippen LogP contribution is -2.57. The summed E-state index contributed by atoms with van der Waals surface area (Å²) in [5.41, 5.74) is 0.480. The third-order valence-electron chi connectivity index (χ3n) is 5.84. The Morgan fingerprint density at radius 1 is 1.10 bits per heavy atom. The van der Waals surface area contributed by atoms with Crippen LogP contribution in [0.3, 0.4) is 0 Å². The highest BCUT2D eigenvalue weighted by atomic mass is 127. The second-order valence-electron chi connectivity index (χ2n) is 7.69. The van der Waals surface area contributed by atoms with E-state index in [0.29, 0.717) is 18.5 Å². The maximum absolute atomic E-state index is 13.8. The van der Waals surface area contributed by atoms with Gasteiger partial charge in [-0.05, 0) is 37.8 Å². The lowest BCUT2D eigenvalue weighted by molar-refractivity contribution is -0.135. The van der Waals surface area contributed by atoms with E-state index in [1.165, 1.54) is 12.1 Å². The van der Waals surface area contributed by atoms with E-state index in [0.717, 1.165) is 64.1 Å². The van der Waals surface area contributed by atoms with Crippen LogP contribution in [0, 0.1) is 11.6 Å². The molecule has 1 atom stereocenters. The number of amides is 1. The number of piperazine rings is 1. The monoisotopic (exact) mass is 535 g/mol. The number of halogens is 3. The van der Waals surface area contributed by atoms with Crippen LogP contribution in [0.1, 0.15) is 25.3 Å². The highest BCUT2D eigenvalue weighted by Crippen LogP contribution is 2.14. The molecule has 6 nitrogen and oxygen atoms in total. The van der Waals surface area contributed by atoms with Crippen molar-refractivity contribution in [3.05, 3.63) is 35.4 Å². The lowest BCUT2D eigenvalue weighted by atomic mass is 10.1. The second kappa shape index (κ2) is 11.8. The fourth-order valence-corrected chi connectivity index (χ4v) is 4.04. The van der Waals surface area contributed by atoms with Crippen LogP contribution in [0.25, 0.3) is 0 Å². The molecule has 0 aliphatic carbocycles. The molecule has 2 heterocycles. The van der Waals surface area contributed by atoms with Crippen LogP contribution >= 0.6 is 24.0 Å². The minimum atomic E-state index is -0.565. The topological polar surface area (TPSA) is 51.2 Å². The van der Waals surface area contributed by atoms with Crippen LogP contribution in [0.2, 0.25) is 0 Å². The van der Waals surface area contributed by atoms with Crippen LogP contribution in [0.4, 0.5) is 8.78 Å². The van der Waals surface area contributed by atoms with E-state index >= 15 is 0 Å². The molecule has 1 aromatic carbocycles. The van der Waals surface area contributed by atoms with Crippen LogP contribution in [-0.2, 0) is 11.2 Å². The molecule has 1 unspecified atom stereocenters. The first-order chi connectivity index (χ1) is 14.0. The number of nitrogens with one attached hydrogen (secondary N) is 1. The molecule has 2 aliphatic heterocycles. The highest BCUT2D eigenvalue weighted by molar-refractivity contribution is 14.0. The van der Waals surface area contributed by atoms with Gasteiger partial charge in [0.2, 0.25) is 5.91 Å². The first-order valence-electron chi connectivity index (χ1n) is 10.4. The molecule has 1 aromatic rings. The molecule has 0 aromatic heterocycles. The molecular formula is C21H32F2IN5O. The zero-order chi connectivity index (χ0) is 20.8. The zero-order valence-corrected chi connectivity index (χ0v) is 20.1. The molecule has 2 saturated heterocycles. The van der Waals surface area contributed by atoms with Crippen molar-refractivity contribution in [3.63, 3.8) is 0 Å². The molecule has 1 N–H and O–H groups in total. The van der Waals surface area contributed by atoms with E-state index < -0.39 is 11.6 Å². The number of hydrogen-bond donors (Lipinski definition) is 1. The number of guanidine groups is 1. The fourth-order valence-electron chi connectivity index (χ4n) is 4.04. The number of rotatable bonds is 5. The molecule has 2 fully saturated rings. The van der Waals surface area contributed by atoms with Gasteiger partial charge in [0, 0.05) is 58.9 Å². The van der Waals surface area contributed by atoms with Crippen molar-refractivity contribution in [1.29, 1.82) is 0 Å². The van der Waals surface area contributed by atoms with Gasteiger partial charge in [0.25, 0.3) is 0 Å². The predicted molar refractivity (Wildman–Crippen MR) is 125 cm³/mol. The van der Waals surface area contributed by atoms with E-state index in [1.54, 1.807) is 7.05 Å². The van der Waals surface area contributed by atoms with Crippen molar-refractivity contribution >= 4 is 35.8 Å². The van der Waals surface area contributed by atoms with Gasteiger partial charge in [0.05, 0.1) is 6.04 Å². The molecule has 1 amide bonds. The largest absolute Gasteiger partial charge is 0.356 e. The van der Waals surface area contributed by atoms with E-state index in [4.69, 9.17) is 0 Å². The Morgan fingerprint density at radius 3 is 2.37 bits per heavy atom. The van der Waals surface area contributed by atoms with E-state index in [1.807, 2.05) is 11.8 Å². The molecule has 9 heteroatoms. The van der Waals surface area contributed by atoms with E-state index in [9.17, 15) is 13.6 Å². The van der Waals surface area contributed by atoms with Gasteiger partial charge in [-0.15, -0.1) is 24.0 Å². The van der Waals surface area contributed by atoms with Crippen LogP contribution in [0.15, 0.2) is 23.2 Å². The smallest absolute Gasteiger partial charge is 0.239 e. The SMILES string of the molecule is CN=C(NCCc1ccc(F)cc1F)N1CCN(C(C)C(=O)N2CCCC2)CC1.I. The van der Waals surface area contributed by atoms with Gasteiger partial charge >= 0.3 is 0 Å². The zero-order valence-electron chi connectivity index (χ0n) is 17.7. The Morgan fingerprint density at radius 2 is 1.77 bits per heavy atom. The quantitative estimate of drug-likeness (QED) is 0.358. The average Bonchev–Trinajstić information content (AvgIpc) is 3.26. The van der Waals surface area contributed by atoms with Crippen molar-refractivity contribution in [2.24, 2.45) is 4.99 Å². The first-order valence-corrected chi connectivity index (χ1v) is 10.4. The number of carbonyl (C=O) groups excluding carboxylic acids is 1. The lowest BCUT2D eigenvalue weighted by Gasteiger charge is -2.39. The van der Waals surface area contributed by atoms with Gasteiger partial charge in [-0.2, -0.15) is 0 Å². The summed E-state index contributed by atoms with van der Waals surface area (Å²) in [7, 11) is 1.73. The van der Waals surface area contributed by atoms with Gasteiger partial charge in [0.1, 0.15) is 11.6 Å². The predicted octanol–water partition coefficient (Wildman–Crippen LogP) is 2.33. The number of benzene rings is 1. The average molecular weight is 535 g/mol. The summed E-state index contributed by atoms with van der Waals surface area (Å²) < 4.78 is 26.8. The van der Waals surface area contributed by atoms with Gasteiger partial charge in [-0.1, -0.05) is 6.07 Å². The summed E-state index contributed by atoms with van der Waals surface area (Å²) >= 11 is 0. The number of hydrogen-bond acceptors (Lipinski definition) is 3. The summed E-state index contributed by atoms with van der Waals surface area (Å²) in [6.07, 6.45) is 2.67. The number of aliphatic imine (C=N–C) groups is 1. The number of carbonyl (C=O) groups is 1. The molecule has 0 bridgehead atoms. The van der Waals surface area contributed by atoms with Crippen molar-refractivity contribution in [3.8, 4) is 0 Å². The number of likely N-dealkylation sites (tertiary alicyclic amines) is 1. The molecule has 2 aliphatic rings. The Hall–Kier alpha value is -1.49. The fraction of sp³-hybridized carbons (Fsp3) is 0.619. The molecule has 168 valence electrons. The van der Waals surface area contributed by atoms with Crippen LogP contribution in [-0.4, -0.2) is 85.5 Å². The Labute approximate surface area is 194 Å². The summed E-state index contributed by atoms with van der Waals surface area (Å²) in [6, 6.07) is 3.57. The molecule has 0 spiro atoms. The third-order valence-corrected chi connectivity index (χ3v) is 5.84. The summed E-state index contributed by atoms with van der Waals surface area (Å²) in [5.74, 6) is -0.0807. The third kappa shape index (κ3) is 6.26. The van der Waals surface area contributed by atoms with Crippen molar-refractivity contribution in [2.45, 2.75) is 32.2 Å². The van der Waals surface area contributed by atoms with Crippen molar-refractivity contribution in [1.82, 2.24) is 20.0 Å². The van der Waals surface area contributed by atoms with Gasteiger partial charge in [0.15, 0.2) is 5.96 Å². The summed E-state index contributed by atoms with van der Waals surface area (Å²) in [6.45, 7) is 7.44. The maximum Gasteiger partial charge on any atom is 0.239 e. The molecular weight excluding hydrogens is 503 g/mol. The van der Waals surface area contributed by atoms with Gasteiger partial charge in [-0.25, -0.2) is 8.78 Å². The summed E-state index contributed by atoms with van der Waals surface area (Å²) in [4.78, 5) is 23.3. The molecule has 0 saturated carbocycles. The van der Waals surface area contributed by atoms with Gasteiger partial charge < -0.3 is 15.1 Å². The highest BCUT2D eigenvalue weighted by Gasteiger charge is 2.30. The van der Waals surface area contributed by atoms with E-state index in [-0.39, 0.29) is 35.9 Å². The Balaban J connectivity index is 0.00000320. The second-order valence-corrected chi connectivity index (χ2v) is 7.69. The standard InChI is InChI=1S/C21H31F2N5O.HI/c1-16(20(29)27-9-3-4-10-27)26-11-13-28(14-12-26)21(24-2)25-8-7-17-5-6-18(22)15-19(17)23;/h5-6,15-16H,3-4,7-14H2,1-2H3,(H,24,25);1H. The normalized spacial score (nSPS) is 18.9. The molecule has 30 heavy (non-hydrogen) atoms.